The summed E-state index contributed by atoms with van der Waals surface area (Å²) in [6, 6.07) is 25.0. The summed E-state index contributed by atoms with van der Waals surface area (Å²) >= 11 is 5.37. The molecule has 8 heteroatoms. The molecule has 0 fully saturated rings. The molecule has 0 aliphatic carbocycles. The monoisotopic (exact) mass is 445 g/mol. The highest BCUT2D eigenvalue weighted by molar-refractivity contribution is 7.71. The van der Waals surface area contributed by atoms with E-state index in [0.29, 0.717) is 22.9 Å². The zero-order chi connectivity index (χ0) is 22.3. The molecule has 0 atom stereocenters. The number of nitrogens with one attached hydrogen (secondary N) is 3. The van der Waals surface area contributed by atoms with Crippen molar-refractivity contribution in [3.8, 4) is 17.1 Å². The number of H-pyrrole nitrogens is 1. The first-order chi connectivity index (χ1) is 15.6. The second-order valence-corrected chi connectivity index (χ2v) is 7.59. The quantitative estimate of drug-likeness (QED) is 0.343. The third-order valence-electron chi connectivity index (χ3n) is 4.80. The fourth-order valence-corrected chi connectivity index (χ4v) is 3.35. The number of anilines is 1. The minimum absolute atomic E-state index is 0.0920. The highest BCUT2D eigenvalue weighted by Gasteiger charge is 2.11. The summed E-state index contributed by atoms with van der Waals surface area (Å²) < 4.78 is 7.98. The van der Waals surface area contributed by atoms with E-state index in [2.05, 4.69) is 20.9 Å². The number of aromatic nitrogens is 3. The summed E-state index contributed by atoms with van der Waals surface area (Å²) in [4.78, 5) is 12.3. The fraction of sp³-hybridized carbons (Fsp3) is 0.125. The van der Waals surface area contributed by atoms with Gasteiger partial charge in [0.05, 0.1) is 6.54 Å². The number of ether oxygens (including phenoxy) is 1. The summed E-state index contributed by atoms with van der Waals surface area (Å²) in [6.07, 6.45) is 0. The number of amides is 1. The average Bonchev–Trinajstić information content (AvgIpc) is 3.19. The highest BCUT2D eigenvalue weighted by Crippen LogP contribution is 2.20. The Hall–Kier alpha value is -3.91. The summed E-state index contributed by atoms with van der Waals surface area (Å²) in [5.74, 6) is 1.09. The van der Waals surface area contributed by atoms with E-state index in [9.17, 15) is 4.79 Å². The molecule has 0 spiro atoms. The number of hydrogen-bond acceptors (Lipinski definition) is 5. The van der Waals surface area contributed by atoms with Crippen molar-refractivity contribution in [1.29, 1.82) is 0 Å². The predicted molar refractivity (Wildman–Crippen MR) is 128 cm³/mol. The molecule has 32 heavy (non-hydrogen) atoms. The maximum atomic E-state index is 12.3. The molecular formula is C24H23N5O2S. The molecule has 0 aliphatic heterocycles. The lowest BCUT2D eigenvalue weighted by Crippen LogP contribution is -2.21. The van der Waals surface area contributed by atoms with Gasteiger partial charge in [-0.1, -0.05) is 66.2 Å². The molecule has 1 amide bonds. The Morgan fingerprint density at radius 2 is 1.75 bits per heavy atom. The van der Waals surface area contributed by atoms with E-state index in [1.165, 1.54) is 0 Å². The predicted octanol–water partition coefficient (Wildman–Crippen LogP) is 4.68. The summed E-state index contributed by atoms with van der Waals surface area (Å²) in [5.41, 5.74) is 6.98. The normalized spacial score (nSPS) is 10.5. The fourth-order valence-electron chi connectivity index (χ4n) is 3.16. The van der Waals surface area contributed by atoms with Crippen LogP contribution in [0.15, 0.2) is 78.9 Å². The van der Waals surface area contributed by atoms with Crippen molar-refractivity contribution in [2.75, 3.05) is 17.3 Å². The minimum Gasteiger partial charge on any atom is -0.483 e. The highest BCUT2D eigenvalue weighted by atomic mass is 32.1. The zero-order valence-corrected chi connectivity index (χ0v) is 18.4. The molecule has 0 aliphatic rings. The molecule has 3 aromatic carbocycles. The number of benzene rings is 3. The maximum absolute atomic E-state index is 12.3. The number of nitrogens with zero attached hydrogens (tertiary/aromatic N) is 2. The van der Waals surface area contributed by atoms with Gasteiger partial charge in [-0.3, -0.25) is 4.79 Å². The van der Waals surface area contributed by atoms with Crippen LogP contribution >= 0.6 is 12.2 Å². The number of aryl methyl sites for hydroxylation is 1. The smallest absolute Gasteiger partial charge is 0.262 e. The van der Waals surface area contributed by atoms with Gasteiger partial charge in [0.1, 0.15) is 5.75 Å². The molecular weight excluding hydrogens is 422 g/mol. The van der Waals surface area contributed by atoms with E-state index in [0.717, 1.165) is 22.4 Å². The van der Waals surface area contributed by atoms with Crippen LogP contribution in [0.25, 0.3) is 11.4 Å². The first kappa shape index (κ1) is 21.3. The second-order valence-electron chi connectivity index (χ2n) is 7.20. The van der Waals surface area contributed by atoms with E-state index in [1.807, 2.05) is 85.8 Å². The molecule has 3 N–H and O–H groups in total. The van der Waals surface area contributed by atoms with Crippen LogP contribution in [-0.4, -0.2) is 27.4 Å². The van der Waals surface area contributed by atoms with Crippen LogP contribution in [-0.2, 0) is 11.3 Å². The van der Waals surface area contributed by atoms with Gasteiger partial charge in [0.2, 0.25) is 4.77 Å². The molecule has 1 aromatic heterocycles. The van der Waals surface area contributed by atoms with E-state index < -0.39 is 0 Å². The van der Waals surface area contributed by atoms with Crippen molar-refractivity contribution in [2.24, 2.45) is 0 Å². The molecule has 0 bridgehead atoms. The lowest BCUT2D eigenvalue weighted by Gasteiger charge is -2.14. The number of para-hydroxylation sites is 1. The number of aromatic amines is 1. The van der Waals surface area contributed by atoms with Crippen LogP contribution in [0.3, 0.4) is 0 Å². The van der Waals surface area contributed by atoms with E-state index in [4.69, 9.17) is 17.0 Å². The molecule has 0 saturated heterocycles. The molecule has 4 aromatic rings. The molecule has 162 valence electrons. The number of hydrogen-bond donors (Lipinski definition) is 3. The van der Waals surface area contributed by atoms with Gasteiger partial charge in [0.15, 0.2) is 12.4 Å². The van der Waals surface area contributed by atoms with E-state index >= 15 is 0 Å². The summed E-state index contributed by atoms with van der Waals surface area (Å²) in [6.45, 7) is 2.34. The van der Waals surface area contributed by atoms with Crippen molar-refractivity contribution in [2.45, 2.75) is 13.5 Å². The lowest BCUT2D eigenvalue weighted by molar-refractivity contribution is -0.118. The Morgan fingerprint density at radius 3 is 2.53 bits per heavy atom. The van der Waals surface area contributed by atoms with Crippen LogP contribution in [0, 0.1) is 11.7 Å². The molecule has 0 radical (unpaired) electrons. The van der Waals surface area contributed by atoms with Crippen LogP contribution in [0.5, 0.6) is 5.75 Å². The largest absolute Gasteiger partial charge is 0.483 e. The van der Waals surface area contributed by atoms with Gasteiger partial charge in [0.25, 0.3) is 5.91 Å². The van der Waals surface area contributed by atoms with Crippen LogP contribution in [0.4, 0.5) is 5.69 Å². The molecule has 0 saturated carbocycles. The Labute approximate surface area is 191 Å². The Kier molecular flexibility index (Phi) is 6.62. The van der Waals surface area contributed by atoms with Crippen molar-refractivity contribution < 1.29 is 9.53 Å². The van der Waals surface area contributed by atoms with Gasteiger partial charge >= 0.3 is 0 Å². The molecule has 1 heterocycles. The first-order valence-corrected chi connectivity index (χ1v) is 10.5. The first-order valence-electron chi connectivity index (χ1n) is 10.1. The van der Waals surface area contributed by atoms with Crippen molar-refractivity contribution in [3.63, 3.8) is 0 Å². The molecule has 0 unspecified atom stereocenters. The Morgan fingerprint density at radius 1 is 1.03 bits per heavy atom. The van der Waals surface area contributed by atoms with Gasteiger partial charge < -0.3 is 15.5 Å². The standard InChI is InChI=1S/C24H23N5O2S/c1-17-11-13-20(14-12-17)26-22(30)16-31-21-10-6-5-9-19(21)15-25-29-23(27-28-24(29)32)18-7-3-2-4-8-18/h2-14,25H,15-16H2,1H3,(H,26,30)(H,28,32). The van der Waals surface area contributed by atoms with E-state index in [-0.39, 0.29) is 12.5 Å². The van der Waals surface area contributed by atoms with Gasteiger partial charge in [-0.2, -0.15) is 5.10 Å². The van der Waals surface area contributed by atoms with E-state index in [1.54, 1.807) is 4.68 Å². The molecule has 7 nitrogen and oxygen atoms in total. The summed E-state index contributed by atoms with van der Waals surface area (Å²) in [5, 5.41) is 9.98. The topological polar surface area (TPSA) is 84.0 Å². The van der Waals surface area contributed by atoms with Crippen LogP contribution in [0.2, 0.25) is 0 Å². The van der Waals surface area contributed by atoms with Crippen molar-refractivity contribution in [1.82, 2.24) is 14.9 Å². The second kappa shape index (κ2) is 9.93. The number of carbonyl (C=O) groups is 1. The van der Waals surface area contributed by atoms with Crippen LogP contribution in [0.1, 0.15) is 11.1 Å². The minimum atomic E-state index is -0.222. The lowest BCUT2D eigenvalue weighted by atomic mass is 10.2. The van der Waals surface area contributed by atoms with Crippen molar-refractivity contribution in [3.05, 3.63) is 94.8 Å². The Bertz CT molecular complexity index is 1250. The van der Waals surface area contributed by atoms with Gasteiger partial charge in [-0.05, 0) is 37.3 Å². The maximum Gasteiger partial charge on any atom is 0.262 e. The summed E-state index contributed by atoms with van der Waals surface area (Å²) in [7, 11) is 0. The average molecular weight is 446 g/mol. The van der Waals surface area contributed by atoms with Crippen molar-refractivity contribution >= 4 is 23.8 Å². The Balaban J connectivity index is 1.41. The van der Waals surface area contributed by atoms with Gasteiger partial charge in [-0.15, -0.1) is 0 Å². The third-order valence-corrected chi connectivity index (χ3v) is 5.07. The number of rotatable bonds is 8. The third kappa shape index (κ3) is 5.22. The van der Waals surface area contributed by atoms with Gasteiger partial charge in [-0.25, -0.2) is 9.77 Å². The SMILES string of the molecule is Cc1ccc(NC(=O)COc2ccccc2CNn2c(-c3ccccc3)n[nH]c2=S)cc1. The molecule has 4 rings (SSSR count). The number of carbonyl (C=O) groups excluding carboxylic acids is 1. The van der Waals surface area contributed by atoms with Gasteiger partial charge in [0, 0.05) is 16.8 Å². The zero-order valence-electron chi connectivity index (χ0n) is 17.5. The van der Waals surface area contributed by atoms with Crippen LogP contribution < -0.4 is 15.5 Å².